The lowest BCUT2D eigenvalue weighted by molar-refractivity contribution is -0.130. The first-order valence-corrected chi connectivity index (χ1v) is 10.3. The Morgan fingerprint density at radius 3 is 2.79 bits per heavy atom. The second-order valence-electron chi connectivity index (χ2n) is 6.82. The zero-order valence-electron chi connectivity index (χ0n) is 14.3. The van der Waals surface area contributed by atoms with Crippen molar-refractivity contribution < 1.29 is 4.79 Å². The van der Waals surface area contributed by atoms with E-state index in [1.54, 1.807) is 10.5 Å². The first-order valence-electron chi connectivity index (χ1n) is 8.26. The Kier molecular flexibility index (Phi) is 5.30. The predicted octanol–water partition coefficient (Wildman–Crippen LogP) is 2.80. The maximum absolute atomic E-state index is 12.4. The molecule has 3 heterocycles. The zero-order chi connectivity index (χ0) is 17.3. The number of piperidine rings is 1. The van der Waals surface area contributed by atoms with Gasteiger partial charge in [-0.05, 0) is 25.2 Å². The van der Waals surface area contributed by atoms with Crippen LogP contribution in [0.2, 0.25) is 0 Å². The number of likely N-dealkylation sites (tertiary alicyclic amines) is 1. The fourth-order valence-electron chi connectivity index (χ4n) is 3.38. The van der Waals surface area contributed by atoms with E-state index in [1.807, 2.05) is 17.2 Å². The number of rotatable bonds is 4. The molecule has 2 aromatic heterocycles. The van der Waals surface area contributed by atoms with Gasteiger partial charge in [0.2, 0.25) is 5.91 Å². The molecule has 24 heavy (non-hydrogen) atoms. The van der Waals surface area contributed by atoms with Crippen molar-refractivity contribution in [2.75, 3.05) is 18.8 Å². The standard InChI is InChI=1S/C17H23N3O2S2/c1-11-4-12(2)7-19(6-11)16(22)10-23-9-14-5-15(21)20-13(3)8-24-17(20)18-14/h5,8,11-12H,4,6-7,9-10H2,1-3H3/t11-,12+. The van der Waals surface area contributed by atoms with E-state index in [9.17, 15) is 9.59 Å². The van der Waals surface area contributed by atoms with Crippen molar-refractivity contribution in [3.8, 4) is 0 Å². The van der Waals surface area contributed by atoms with Crippen LogP contribution in [-0.4, -0.2) is 39.0 Å². The number of aryl methyl sites for hydroxylation is 1. The van der Waals surface area contributed by atoms with Crippen molar-refractivity contribution in [2.24, 2.45) is 11.8 Å². The lowest BCUT2D eigenvalue weighted by Gasteiger charge is -2.35. The average molecular weight is 366 g/mol. The summed E-state index contributed by atoms with van der Waals surface area (Å²) in [7, 11) is 0. The molecule has 0 unspecified atom stereocenters. The molecular weight excluding hydrogens is 342 g/mol. The van der Waals surface area contributed by atoms with E-state index in [4.69, 9.17) is 0 Å². The SMILES string of the molecule is Cc1csc2nc(CSCC(=O)N3C[C@H](C)C[C@H](C)C3)cc(=O)n12. The molecule has 3 rings (SSSR count). The molecule has 130 valence electrons. The molecule has 0 spiro atoms. The summed E-state index contributed by atoms with van der Waals surface area (Å²) in [5.74, 6) is 2.39. The number of carbonyl (C=O) groups is 1. The molecule has 1 saturated heterocycles. The Bertz CT molecular complexity index is 789. The number of hydrogen-bond acceptors (Lipinski definition) is 5. The van der Waals surface area contributed by atoms with Crippen LogP contribution in [0.4, 0.5) is 0 Å². The quantitative estimate of drug-likeness (QED) is 0.836. The molecule has 0 aromatic carbocycles. The number of amides is 1. The molecule has 5 nitrogen and oxygen atoms in total. The molecular formula is C17H23N3O2S2. The molecule has 7 heteroatoms. The maximum atomic E-state index is 12.4. The van der Waals surface area contributed by atoms with E-state index in [-0.39, 0.29) is 11.5 Å². The van der Waals surface area contributed by atoms with Gasteiger partial charge in [-0.15, -0.1) is 23.1 Å². The van der Waals surface area contributed by atoms with Crippen molar-refractivity contribution in [2.45, 2.75) is 32.9 Å². The van der Waals surface area contributed by atoms with Gasteiger partial charge in [0.15, 0.2) is 4.96 Å². The predicted molar refractivity (Wildman–Crippen MR) is 99.8 cm³/mol. The number of thioether (sulfide) groups is 1. The van der Waals surface area contributed by atoms with E-state index in [2.05, 4.69) is 18.8 Å². The number of thiazole rings is 1. The minimum atomic E-state index is -0.0423. The summed E-state index contributed by atoms with van der Waals surface area (Å²) in [5, 5.41) is 1.93. The number of carbonyl (C=O) groups excluding carboxylic acids is 1. The van der Waals surface area contributed by atoms with Crippen LogP contribution in [0.25, 0.3) is 4.96 Å². The third-order valence-electron chi connectivity index (χ3n) is 4.33. The minimum Gasteiger partial charge on any atom is -0.341 e. The summed E-state index contributed by atoms with van der Waals surface area (Å²) in [6.07, 6.45) is 1.20. The van der Waals surface area contributed by atoms with E-state index in [0.717, 1.165) is 29.4 Å². The lowest BCUT2D eigenvalue weighted by atomic mass is 9.92. The monoisotopic (exact) mass is 365 g/mol. The fraction of sp³-hybridized carbons (Fsp3) is 0.588. The lowest BCUT2D eigenvalue weighted by Crippen LogP contribution is -2.43. The van der Waals surface area contributed by atoms with Crippen molar-refractivity contribution >= 4 is 34.0 Å². The van der Waals surface area contributed by atoms with Crippen molar-refractivity contribution in [1.82, 2.24) is 14.3 Å². The van der Waals surface area contributed by atoms with E-state index in [1.165, 1.54) is 29.5 Å². The number of nitrogens with zero attached hydrogens (tertiary/aromatic N) is 3. The smallest absolute Gasteiger partial charge is 0.258 e. The summed E-state index contributed by atoms with van der Waals surface area (Å²) < 4.78 is 1.63. The van der Waals surface area contributed by atoms with Gasteiger partial charge in [-0.25, -0.2) is 4.98 Å². The normalized spacial score (nSPS) is 21.4. The second-order valence-corrected chi connectivity index (χ2v) is 8.64. The van der Waals surface area contributed by atoms with Gasteiger partial charge in [0.05, 0.1) is 11.4 Å². The third-order valence-corrected chi connectivity index (χ3v) is 6.22. The highest BCUT2D eigenvalue weighted by Gasteiger charge is 2.25. The molecule has 1 aliphatic rings. The third kappa shape index (κ3) is 3.83. The summed E-state index contributed by atoms with van der Waals surface area (Å²) >= 11 is 3.01. The second kappa shape index (κ2) is 7.27. The topological polar surface area (TPSA) is 54.7 Å². The largest absolute Gasteiger partial charge is 0.341 e. The summed E-state index contributed by atoms with van der Waals surface area (Å²) in [6.45, 7) is 8.05. The molecule has 2 atom stereocenters. The molecule has 2 aromatic rings. The summed E-state index contributed by atoms with van der Waals surface area (Å²) in [4.78, 5) is 31.8. The highest BCUT2D eigenvalue weighted by atomic mass is 32.2. The van der Waals surface area contributed by atoms with E-state index >= 15 is 0 Å². The first-order chi connectivity index (χ1) is 11.4. The first kappa shape index (κ1) is 17.5. The summed E-state index contributed by atoms with van der Waals surface area (Å²) in [5.41, 5.74) is 1.62. The van der Waals surface area contributed by atoms with Gasteiger partial charge in [-0.3, -0.25) is 14.0 Å². The average Bonchev–Trinajstić information content (AvgIpc) is 2.88. The highest BCUT2D eigenvalue weighted by molar-refractivity contribution is 7.99. The van der Waals surface area contributed by atoms with Crippen LogP contribution >= 0.6 is 23.1 Å². The van der Waals surface area contributed by atoms with Gasteiger partial charge in [0.1, 0.15) is 0 Å². The molecule has 0 bridgehead atoms. The Morgan fingerprint density at radius 1 is 1.38 bits per heavy atom. The Labute approximate surface area is 150 Å². The van der Waals surface area contributed by atoms with Gasteiger partial charge in [-0.2, -0.15) is 0 Å². The minimum absolute atomic E-state index is 0.0423. The van der Waals surface area contributed by atoms with Gasteiger partial charge in [0, 0.05) is 36.0 Å². The zero-order valence-corrected chi connectivity index (χ0v) is 16.0. The van der Waals surface area contributed by atoms with Crippen LogP contribution in [0.1, 0.15) is 31.7 Å². The number of hydrogen-bond donors (Lipinski definition) is 0. The van der Waals surface area contributed by atoms with Crippen molar-refractivity contribution in [1.29, 1.82) is 0 Å². The van der Waals surface area contributed by atoms with Crippen LogP contribution in [-0.2, 0) is 10.5 Å². The fourth-order valence-corrected chi connectivity index (χ4v) is 5.08. The van der Waals surface area contributed by atoms with Crippen molar-refractivity contribution in [3.05, 3.63) is 33.2 Å². The molecule has 1 amide bonds. The summed E-state index contributed by atoms with van der Waals surface area (Å²) in [6, 6.07) is 1.58. The van der Waals surface area contributed by atoms with Crippen molar-refractivity contribution in [3.63, 3.8) is 0 Å². The maximum Gasteiger partial charge on any atom is 0.258 e. The highest BCUT2D eigenvalue weighted by Crippen LogP contribution is 2.22. The van der Waals surface area contributed by atoms with Gasteiger partial charge >= 0.3 is 0 Å². The van der Waals surface area contributed by atoms with Crippen LogP contribution in [0.3, 0.4) is 0 Å². The number of aromatic nitrogens is 2. The Balaban J connectivity index is 1.58. The van der Waals surface area contributed by atoms with Gasteiger partial charge in [0.25, 0.3) is 5.56 Å². The molecule has 0 N–H and O–H groups in total. The number of fused-ring (bicyclic) bond motifs is 1. The molecule has 0 saturated carbocycles. The van der Waals surface area contributed by atoms with Crippen LogP contribution < -0.4 is 5.56 Å². The molecule has 1 fully saturated rings. The van der Waals surface area contributed by atoms with Crippen LogP contribution in [0, 0.1) is 18.8 Å². The van der Waals surface area contributed by atoms with E-state index in [0.29, 0.717) is 23.3 Å². The Morgan fingerprint density at radius 2 is 2.08 bits per heavy atom. The Hall–Kier alpha value is -1.34. The molecule has 0 aliphatic carbocycles. The molecule has 0 radical (unpaired) electrons. The van der Waals surface area contributed by atoms with E-state index < -0.39 is 0 Å². The van der Waals surface area contributed by atoms with Crippen LogP contribution in [0.5, 0.6) is 0 Å². The van der Waals surface area contributed by atoms with Gasteiger partial charge < -0.3 is 4.90 Å². The van der Waals surface area contributed by atoms with Gasteiger partial charge in [-0.1, -0.05) is 13.8 Å². The molecule has 1 aliphatic heterocycles. The van der Waals surface area contributed by atoms with Crippen LogP contribution in [0.15, 0.2) is 16.2 Å².